The van der Waals surface area contributed by atoms with E-state index >= 15 is 0 Å². The van der Waals surface area contributed by atoms with E-state index in [4.69, 9.17) is 26.1 Å². The van der Waals surface area contributed by atoms with Crippen molar-refractivity contribution in [2.75, 3.05) is 44.3 Å². The van der Waals surface area contributed by atoms with Crippen LogP contribution in [0.2, 0.25) is 5.02 Å². The molecule has 3 aromatic rings. The lowest BCUT2D eigenvalue weighted by molar-refractivity contribution is -0.144. The number of rotatable bonds is 8. The highest BCUT2D eigenvalue weighted by Gasteiger charge is 2.32. The highest BCUT2D eigenvalue weighted by atomic mass is 35.5. The number of anilines is 1. The van der Waals surface area contributed by atoms with Crippen LogP contribution in [0.3, 0.4) is 0 Å². The maximum Gasteiger partial charge on any atom is 0.306 e. The standard InChI is InChI=1S/C29H34ClN3O4S/c1-19-13-21(16-32-9-11-36-12-10-32)3-4-22(19)17-37-27-6-5-23(30)14-25(27)26-18-38-29(31-26)33-8-7-24(28(34)35)20(2)15-33/h3-6,13-14,18,20,24H,7-12,15-17H2,1-2H3,(H,34,35). The topological polar surface area (TPSA) is 75.1 Å². The number of carbonyl (C=O) groups is 1. The van der Waals surface area contributed by atoms with Crippen molar-refractivity contribution in [2.45, 2.75) is 33.4 Å². The maximum atomic E-state index is 11.5. The number of nitrogens with zero attached hydrogens (tertiary/aromatic N) is 3. The summed E-state index contributed by atoms with van der Waals surface area (Å²) in [4.78, 5) is 21.0. The van der Waals surface area contributed by atoms with Gasteiger partial charge in [0.05, 0.1) is 24.8 Å². The number of ether oxygens (including phenoxy) is 2. The van der Waals surface area contributed by atoms with E-state index in [1.807, 2.05) is 30.5 Å². The van der Waals surface area contributed by atoms with Crippen molar-refractivity contribution in [2.24, 2.45) is 11.8 Å². The van der Waals surface area contributed by atoms with Gasteiger partial charge in [0.2, 0.25) is 0 Å². The molecular formula is C29H34ClN3O4S. The molecule has 1 N–H and O–H groups in total. The van der Waals surface area contributed by atoms with Crippen LogP contribution in [0.25, 0.3) is 11.3 Å². The van der Waals surface area contributed by atoms with E-state index in [9.17, 15) is 9.90 Å². The minimum absolute atomic E-state index is 0.0714. The first kappa shape index (κ1) is 26.9. The number of hydrogen-bond donors (Lipinski definition) is 1. The molecule has 0 radical (unpaired) electrons. The van der Waals surface area contributed by atoms with Crippen molar-refractivity contribution in [3.63, 3.8) is 0 Å². The third-order valence-corrected chi connectivity index (χ3v) is 8.64. The summed E-state index contributed by atoms with van der Waals surface area (Å²) in [6.45, 7) is 10.4. The molecule has 2 atom stereocenters. The summed E-state index contributed by atoms with van der Waals surface area (Å²) in [5.74, 6) is -0.196. The molecule has 0 bridgehead atoms. The van der Waals surface area contributed by atoms with Crippen LogP contribution >= 0.6 is 22.9 Å². The van der Waals surface area contributed by atoms with Gasteiger partial charge in [0.1, 0.15) is 12.4 Å². The summed E-state index contributed by atoms with van der Waals surface area (Å²) in [7, 11) is 0. The molecule has 9 heteroatoms. The van der Waals surface area contributed by atoms with Gasteiger partial charge in [-0.05, 0) is 54.2 Å². The molecule has 3 heterocycles. The monoisotopic (exact) mass is 555 g/mol. The molecule has 2 unspecified atom stereocenters. The second kappa shape index (κ2) is 12.0. The van der Waals surface area contributed by atoms with Gasteiger partial charge in [0.15, 0.2) is 5.13 Å². The van der Waals surface area contributed by atoms with Gasteiger partial charge in [-0.3, -0.25) is 9.69 Å². The van der Waals surface area contributed by atoms with E-state index in [-0.39, 0.29) is 11.8 Å². The molecule has 0 aliphatic carbocycles. The Morgan fingerprint density at radius 3 is 2.76 bits per heavy atom. The fourth-order valence-electron chi connectivity index (χ4n) is 5.24. The van der Waals surface area contributed by atoms with Crippen molar-refractivity contribution in [3.05, 3.63) is 63.5 Å². The SMILES string of the molecule is Cc1cc(CN2CCOCC2)ccc1COc1ccc(Cl)cc1-c1csc(N2CCC(C(=O)O)C(C)C2)n1. The molecule has 202 valence electrons. The Morgan fingerprint density at radius 1 is 1.21 bits per heavy atom. The fourth-order valence-corrected chi connectivity index (χ4v) is 6.27. The van der Waals surface area contributed by atoms with E-state index in [1.54, 1.807) is 11.3 Å². The van der Waals surface area contributed by atoms with Gasteiger partial charge in [0, 0.05) is 48.7 Å². The quantitative estimate of drug-likeness (QED) is 0.380. The lowest BCUT2D eigenvalue weighted by Crippen LogP contribution is -2.42. The maximum absolute atomic E-state index is 11.5. The smallest absolute Gasteiger partial charge is 0.306 e. The number of morpholine rings is 1. The van der Waals surface area contributed by atoms with Crippen molar-refractivity contribution < 1.29 is 19.4 Å². The van der Waals surface area contributed by atoms with E-state index < -0.39 is 5.97 Å². The number of thiazole rings is 1. The lowest BCUT2D eigenvalue weighted by atomic mass is 9.87. The van der Waals surface area contributed by atoms with Gasteiger partial charge in [-0.25, -0.2) is 4.98 Å². The Morgan fingerprint density at radius 2 is 2.03 bits per heavy atom. The number of aromatic nitrogens is 1. The molecule has 7 nitrogen and oxygen atoms in total. The Kier molecular flexibility index (Phi) is 8.53. The zero-order chi connectivity index (χ0) is 26.6. The summed E-state index contributed by atoms with van der Waals surface area (Å²) in [5.41, 5.74) is 5.33. The number of aryl methyl sites for hydroxylation is 1. The summed E-state index contributed by atoms with van der Waals surface area (Å²) in [6.07, 6.45) is 0.627. The number of benzene rings is 2. The van der Waals surface area contributed by atoms with E-state index in [1.165, 1.54) is 11.1 Å². The zero-order valence-electron chi connectivity index (χ0n) is 21.9. The van der Waals surface area contributed by atoms with Crippen molar-refractivity contribution in [3.8, 4) is 17.0 Å². The van der Waals surface area contributed by atoms with E-state index in [0.717, 1.165) is 60.5 Å². The molecule has 2 aromatic carbocycles. The number of piperidine rings is 1. The van der Waals surface area contributed by atoms with Crippen molar-refractivity contribution >= 4 is 34.0 Å². The molecule has 0 spiro atoms. The molecule has 0 amide bonds. The highest BCUT2D eigenvalue weighted by Crippen LogP contribution is 2.37. The molecular weight excluding hydrogens is 522 g/mol. The minimum atomic E-state index is -0.709. The molecule has 38 heavy (non-hydrogen) atoms. The van der Waals surface area contributed by atoms with E-state index in [2.05, 4.69) is 34.9 Å². The first-order valence-electron chi connectivity index (χ1n) is 13.1. The number of hydrogen-bond acceptors (Lipinski definition) is 7. The predicted molar refractivity (Wildman–Crippen MR) is 151 cm³/mol. The van der Waals surface area contributed by atoms with Crippen LogP contribution in [0.4, 0.5) is 5.13 Å². The summed E-state index contributed by atoms with van der Waals surface area (Å²) >= 11 is 7.94. The predicted octanol–water partition coefficient (Wildman–Crippen LogP) is 5.73. The second-order valence-electron chi connectivity index (χ2n) is 10.3. The molecule has 2 saturated heterocycles. The van der Waals surface area contributed by atoms with Crippen LogP contribution in [-0.2, 0) is 22.7 Å². The summed E-state index contributed by atoms with van der Waals surface area (Å²) in [5, 5.41) is 13.0. The van der Waals surface area contributed by atoms with Crippen molar-refractivity contribution in [1.82, 2.24) is 9.88 Å². The number of carboxylic acids is 1. The van der Waals surface area contributed by atoms with Crippen LogP contribution in [0.1, 0.15) is 30.0 Å². The summed E-state index contributed by atoms with van der Waals surface area (Å²) in [6, 6.07) is 12.2. The normalized spacial score (nSPS) is 20.4. The summed E-state index contributed by atoms with van der Waals surface area (Å²) < 4.78 is 11.8. The number of halogens is 1. The van der Waals surface area contributed by atoms with Gasteiger partial charge < -0.3 is 19.5 Å². The van der Waals surface area contributed by atoms with Crippen LogP contribution in [0.5, 0.6) is 5.75 Å². The fraction of sp³-hybridized carbons (Fsp3) is 0.448. The molecule has 2 fully saturated rings. The number of carboxylic acid groups (broad SMARTS) is 1. The van der Waals surface area contributed by atoms with Gasteiger partial charge in [-0.1, -0.05) is 36.7 Å². The lowest BCUT2D eigenvalue weighted by Gasteiger charge is -2.34. The average Bonchev–Trinajstić information content (AvgIpc) is 3.39. The minimum Gasteiger partial charge on any atom is -0.488 e. The first-order valence-corrected chi connectivity index (χ1v) is 14.4. The first-order chi connectivity index (χ1) is 18.4. The average molecular weight is 556 g/mol. The van der Waals surface area contributed by atoms with Crippen LogP contribution in [0, 0.1) is 18.8 Å². The van der Waals surface area contributed by atoms with Crippen LogP contribution < -0.4 is 9.64 Å². The molecule has 1 aromatic heterocycles. The van der Waals surface area contributed by atoms with Crippen LogP contribution in [0.15, 0.2) is 41.8 Å². The molecule has 2 aliphatic rings. The van der Waals surface area contributed by atoms with Gasteiger partial charge in [0.25, 0.3) is 0 Å². The van der Waals surface area contributed by atoms with Gasteiger partial charge in [-0.2, -0.15) is 0 Å². The third-order valence-electron chi connectivity index (χ3n) is 7.50. The molecule has 2 aliphatic heterocycles. The number of aliphatic carboxylic acids is 1. The largest absolute Gasteiger partial charge is 0.488 e. The zero-order valence-corrected chi connectivity index (χ0v) is 23.4. The van der Waals surface area contributed by atoms with Gasteiger partial charge in [-0.15, -0.1) is 11.3 Å². The Hall–Kier alpha value is -2.65. The Balaban J connectivity index is 1.27. The highest BCUT2D eigenvalue weighted by molar-refractivity contribution is 7.14. The molecule has 0 saturated carbocycles. The second-order valence-corrected chi connectivity index (χ2v) is 11.5. The van der Waals surface area contributed by atoms with Gasteiger partial charge >= 0.3 is 5.97 Å². The van der Waals surface area contributed by atoms with Crippen molar-refractivity contribution in [1.29, 1.82) is 0 Å². The third kappa shape index (κ3) is 6.31. The Labute approximate surface area is 233 Å². The Bertz CT molecular complexity index is 1280. The van der Waals surface area contributed by atoms with Crippen LogP contribution in [-0.4, -0.2) is 60.4 Å². The van der Waals surface area contributed by atoms with E-state index in [0.29, 0.717) is 31.1 Å². The molecule has 5 rings (SSSR count).